The Balaban J connectivity index is 1.47. The van der Waals surface area contributed by atoms with Crippen LogP contribution in [-0.2, 0) is 22.6 Å². The zero-order valence-electron chi connectivity index (χ0n) is 20.2. The number of nitrogens with one attached hydrogen (secondary N) is 1. The third-order valence-electron chi connectivity index (χ3n) is 6.39. The molecule has 0 radical (unpaired) electrons. The summed E-state index contributed by atoms with van der Waals surface area (Å²) in [5, 5.41) is 2.72. The van der Waals surface area contributed by atoms with Gasteiger partial charge in [0.1, 0.15) is 6.04 Å². The SMILES string of the molecule is NC(=O)C(=O)C(Cc1ccccc1)NC(=O)c1ccccc1/C=C/c1ccc(CN2CCCC2)cc1. The van der Waals surface area contributed by atoms with Gasteiger partial charge in [0.15, 0.2) is 0 Å². The number of hydrogen-bond acceptors (Lipinski definition) is 4. The number of Topliss-reactive ketones (excluding diaryl/α,β-unsaturated/α-hetero) is 1. The van der Waals surface area contributed by atoms with Crippen molar-refractivity contribution in [3.8, 4) is 0 Å². The largest absolute Gasteiger partial charge is 0.363 e. The van der Waals surface area contributed by atoms with E-state index in [1.807, 2.05) is 54.6 Å². The first-order chi connectivity index (χ1) is 17.5. The summed E-state index contributed by atoms with van der Waals surface area (Å²) in [6, 6.07) is 23.7. The molecule has 36 heavy (non-hydrogen) atoms. The average Bonchev–Trinajstić information content (AvgIpc) is 3.41. The smallest absolute Gasteiger partial charge is 0.287 e. The Morgan fingerprint density at radius 1 is 0.833 bits per heavy atom. The second-order valence-corrected chi connectivity index (χ2v) is 9.09. The van der Waals surface area contributed by atoms with Gasteiger partial charge in [-0.25, -0.2) is 0 Å². The molecule has 3 aromatic rings. The molecular weight excluding hydrogens is 450 g/mol. The third-order valence-corrected chi connectivity index (χ3v) is 6.39. The minimum Gasteiger partial charge on any atom is -0.363 e. The summed E-state index contributed by atoms with van der Waals surface area (Å²) in [5.41, 5.74) is 9.51. The van der Waals surface area contributed by atoms with Crippen LogP contribution in [-0.4, -0.2) is 41.6 Å². The van der Waals surface area contributed by atoms with E-state index in [4.69, 9.17) is 5.73 Å². The van der Waals surface area contributed by atoms with Crippen LogP contribution >= 0.6 is 0 Å². The van der Waals surface area contributed by atoms with E-state index >= 15 is 0 Å². The van der Waals surface area contributed by atoms with E-state index in [0.29, 0.717) is 11.1 Å². The van der Waals surface area contributed by atoms with Gasteiger partial charge in [-0.2, -0.15) is 0 Å². The number of ketones is 1. The molecule has 4 rings (SSSR count). The highest BCUT2D eigenvalue weighted by atomic mass is 16.2. The second-order valence-electron chi connectivity index (χ2n) is 9.09. The van der Waals surface area contributed by atoms with Crippen LogP contribution in [0, 0.1) is 0 Å². The number of nitrogens with two attached hydrogens (primary N) is 1. The Labute approximate surface area is 211 Å². The summed E-state index contributed by atoms with van der Waals surface area (Å²) in [7, 11) is 0. The second kappa shape index (κ2) is 12.1. The molecule has 0 aromatic heterocycles. The van der Waals surface area contributed by atoms with Gasteiger partial charge in [-0.3, -0.25) is 19.3 Å². The van der Waals surface area contributed by atoms with Crippen molar-refractivity contribution in [1.82, 2.24) is 10.2 Å². The van der Waals surface area contributed by atoms with E-state index in [0.717, 1.165) is 30.8 Å². The molecule has 2 amide bonds. The fourth-order valence-electron chi connectivity index (χ4n) is 4.44. The van der Waals surface area contributed by atoms with Gasteiger partial charge in [0.05, 0.1) is 0 Å². The van der Waals surface area contributed by atoms with Crippen LogP contribution < -0.4 is 11.1 Å². The van der Waals surface area contributed by atoms with Gasteiger partial charge < -0.3 is 11.1 Å². The van der Waals surface area contributed by atoms with Crippen molar-refractivity contribution in [3.05, 3.63) is 107 Å². The maximum absolute atomic E-state index is 13.2. The van der Waals surface area contributed by atoms with E-state index in [1.54, 1.807) is 12.1 Å². The molecular formula is C30H31N3O3. The summed E-state index contributed by atoms with van der Waals surface area (Å²) in [6.45, 7) is 3.30. The van der Waals surface area contributed by atoms with Crippen molar-refractivity contribution < 1.29 is 14.4 Å². The van der Waals surface area contributed by atoms with Gasteiger partial charge in [0.2, 0.25) is 5.78 Å². The Hall–Kier alpha value is -4.03. The number of hydrogen-bond donors (Lipinski definition) is 2. The van der Waals surface area contributed by atoms with E-state index in [9.17, 15) is 14.4 Å². The Morgan fingerprint density at radius 3 is 2.19 bits per heavy atom. The summed E-state index contributed by atoms with van der Waals surface area (Å²) < 4.78 is 0. The van der Waals surface area contributed by atoms with Gasteiger partial charge >= 0.3 is 0 Å². The first-order valence-electron chi connectivity index (χ1n) is 12.3. The fourth-order valence-corrected chi connectivity index (χ4v) is 4.44. The molecule has 3 N–H and O–H groups in total. The quantitative estimate of drug-likeness (QED) is 0.340. The molecule has 1 aliphatic heterocycles. The van der Waals surface area contributed by atoms with E-state index in [1.165, 1.54) is 18.4 Å². The van der Waals surface area contributed by atoms with E-state index in [-0.39, 0.29) is 6.42 Å². The molecule has 0 saturated carbocycles. The normalized spacial score (nSPS) is 14.6. The van der Waals surface area contributed by atoms with Crippen molar-refractivity contribution in [3.63, 3.8) is 0 Å². The summed E-state index contributed by atoms with van der Waals surface area (Å²) in [4.78, 5) is 39.7. The van der Waals surface area contributed by atoms with Crippen LogP contribution in [0.4, 0.5) is 0 Å². The summed E-state index contributed by atoms with van der Waals surface area (Å²) in [6.07, 6.45) is 6.57. The molecule has 184 valence electrons. The third kappa shape index (κ3) is 6.77. The van der Waals surface area contributed by atoms with Crippen molar-refractivity contribution >= 4 is 29.7 Å². The van der Waals surface area contributed by atoms with Crippen LogP contribution in [0.2, 0.25) is 0 Å². The molecule has 1 unspecified atom stereocenters. The average molecular weight is 482 g/mol. The minimum absolute atomic E-state index is 0.177. The van der Waals surface area contributed by atoms with Crippen LogP contribution in [0.1, 0.15) is 45.5 Å². The molecule has 1 atom stereocenters. The van der Waals surface area contributed by atoms with E-state index in [2.05, 4.69) is 34.5 Å². The van der Waals surface area contributed by atoms with Crippen molar-refractivity contribution in [1.29, 1.82) is 0 Å². The molecule has 3 aromatic carbocycles. The first-order valence-corrected chi connectivity index (χ1v) is 12.3. The Kier molecular flexibility index (Phi) is 8.42. The minimum atomic E-state index is -1.07. The predicted octanol–water partition coefficient (Wildman–Crippen LogP) is 3.85. The number of carbonyl (C=O) groups excluding carboxylic acids is 3. The maximum atomic E-state index is 13.2. The van der Waals surface area contributed by atoms with Gasteiger partial charge in [0.25, 0.3) is 11.8 Å². The maximum Gasteiger partial charge on any atom is 0.287 e. The van der Waals surface area contributed by atoms with Crippen LogP contribution in [0.5, 0.6) is 0 Å². The molecule has 0 spiro atoms. The number of nitrogens with zero attached hydrogens (tertiary/aromatic N) is 1. The van der Waals surface area contributed by atoms with E-state index < -0.39 is 23.6 Å². The molecule has 0 aliphatic carbocycles. The molecule has 1 heterocycles. The van der Waals surface area contributed by atoms with Crippen molar-refractivity contribution in [2.45, 2.75) is 31.8 Å². The van der Waals surface area contributed by atoms with Crippen LogP contribution in [0.25, 0.3) is 12.2 Å². The first kappa shape index (κ1) is 25.1. The standard InChI is InChI=1S/C30H31N3O3/c31-29(35)28(34)27(20-23-8-2-1-3-9-23)32-30(36)26-11-5-4-10-25(26)17-16-22-12-14-24(15-13-22)21-33-18-6-7-19-33/h1-5,8-17,27H,6-7,18-21H2,(H2,31,35)(H,32,36)/b17-16+. The topological polar surface area (TPSA) is 92.5 Å². The van der Waals surface area contributed by atoms with Gasteiger partial charge in [0, 0.05) is 18.5 Å². The van der Waals surface area contributed by atoms with Crippen LogP contribution in [0.15, 0.2) is 78.9 Å². The highest BCUT2D eigenvalue weighted by molar-refractivity contribution is 6.38. The number of rotatable bonds is 10. The van der Waals surface area contributed by atoms with Crippen molar-refractivity contribution in [2.24, 2.45) is 5.73 Å². The number of likely N-dealkylation sites (tertiary alicyclic amines) is 1. The zero-order chi connectivity index (χ0) is 25.3. The number of carbonyl (C=O) groups is 3. The lowest BCUT2D eigenvalue weighted by molar-refractivity contribution is -0.137. The number of primary amides is 1. The van der Waals surface area contributed by atoms with Gasteiger partial charge in [-0.15, -0.1) is 0 Å². The summed E-state index contributed by atoms with van der Waals surface area (Å²) >= 11 is 0. The lowest BCUT2D eigenvalue weighted by Crippen LogP contribution is -2.47. The molecule has 1 aliphatic rings. The number of benzene rings is 3. The highest BCUT2D eigenvalue weighted by Crippen LogP contribution is 2.17. The molecule has 0 bridgehead atoms. The van der Waals surface area contributed by atoms with Crippen molar-refractivity contribution in [2.75, 3.05) is 13.1 Å². The zero-order valence-corrected chi connectivity index (χ0v) is 20.2. The van der Waals surface area contributed by atoms with Gasteiger partial charge in [-0.05, 0) is 54.3 Å². The van der Waals surface area contributed by atoms with Gasteiger partial charge in [-0.1, -0.05) is 84.9 Å². The molecule has 1 fully saturated rings. The lowest BCUT2D eigenvalue weighted by Gasteiger charge is -2.17. The lowest BCUT2D eigenvalue weighted by atomic mass is 10.00. The predicted molar refractivity (Wildman–Crippen MR) is 142 cm³/mol. The molecule has 6 nitrogen and oxygen atoms in total. The Bertz CT molecular complexity index is 1230. The monoisotopic (exact) mass is 481 g/mol. The summed E-state index contributed by atoms with van der Waals surface area (Å²) in [5.74, 6) is -2.33. The van der Waals surface area contributed by atoms with Crippen LogP contribution in [0.3, 0.4) is 0 Å². The number of amides is 2. The molecule has 6 heteroatoms. The fraction of sp³-hybridized carbons (Fsp3) is 0.233. The Morgan fingerprint density at radius 2 is 1.50 bits per heavy atom. The molecule has 1 saturated heterocycles. The highest BCUT2D eigenvalue weighted by Gasteiger charge is 2.26.